The van der Waals surface area contributed by atoms with Crippen molar-refractivity contribution in [2.75, 3.05) is 27.3 Å². The minimum Gasteiger partial charge on any atom is -0.354 e. The van der Waals surface area contributed by atoms with Crippen molar-refractivity contribution in [1.29, 1.82) is 0 Å². The first-order valence-electron chi connectivity index (χ1n) is 5.21. The Bertz CT molecular complexity index is 172. The molecule has 0 aliphatic heterocycles. The van der Waals surface area contributed by atoms with Crippen LogP contribution in [0.4, 0.5) is 0 Å². The lowest BCUT2D eigenvalue weighted by Gasteiger charge is -2.22. The lowest BCUT2D eigenvalue weighted by atomic mass is 10.3. The number of carbonyl (C=O) groups is 1. The molecule has 90 valence electrons. The number of amides is 1. The Kier molecular flexibility index (Phi) is 8.27. The third-order valence-electron chi connectivity index (χ3n) is 1.97. The minimum absolute atomic E-state index is 0.0462. The third kappa shape index (κ3) is 6.43. The highest BCUT2D eigenvalue weighted by atomic mass is 16.7. The molecule has 1 atom stereocenters. The Labute approximate surface area is 91.5 Å². The van der Waals surface area contributed by atoms with Crippen LogP contribution in [0.15, 0.2) is 0 Å². The van der Waals surface area contributed by atoms with Crippen LogP contribution in [0.1, 0.15) is 20.3 Å². The summed E-state index contributed by atoms with van der Waals surface area (Å²) in [6.45, 7) is 5.08. The van der Waals surface area contributed by atoms with Gasteiger partial charge < -0.3 is 20.1 Å². The summed E-state index contributed by atoms with van der Waals surface area (Å²) in [6.07, 6.45) is 0.613. The van der Waals surface area contributed by atoms with Crippen molar-refractivity contribution in [2.24, 2.45) is 0 Å². The molecule has 0 aliphatic rings. The molecule has 0 bridgehead atoms. The summed E-state index contributed by atoms with van der Waals surface area (Å²) in [7, 11) is 3.10. The van der Waals surface area contributed by atoms with E-state index in [0.29, 0.717) is 6.54 Å². The van der Waals surface area contributed by atoms with Crippen LogP contribution in [0.3, 0.4) is 0 Å². The molecule has 0 aliphatic carbocycles. The van der Waals surface area contributed by atoms with Gasteiger partial charge in [-0.05, 0) is 19.9 Å². The molecular formula is C10H22N2O3. The van der Waals surface area contributed by atoms with Gasteiger partial charge in [0.05, 0.1) is 12.6 Å². The molecule has 15 heavy (non-hydrogen) atoms. The van der Waals surface area contributed by atoms with E-state index in [2.05, 4.69) is 17.6 Å². The summed E-state index contributed by atoms with van der Waals surface area (Å²) in [5.74, 6) is -0.0462. The van der Waals surface area contributed by atoms with Crippen LogP contribution in [0, 0.1) is 0 Å². The normalized spacial score (nSPS) is 12.9. The van der Waals surface area contributed by atoms with E-state index >= 15 is 0 Å². The monoisotopic (exact) mass is 218 g/mol. The van der Waals surface area contributed by atoms with E-state index in [-0.39, 0.29) is 11.9 Å². The lowest BCUT2D eigenvalue weighted by Crippen LogP contribution is -2.46. The predicted molar refractivity (Wildman–Crippen MR) is 58.6 cm³/mol. The van der Waals surface area contributed by atoms with Gasteiger partial charge in [-0.2, -0.15) is 0 Å². The van der Waals surface area contributed by atoms with Crippen LogP contribution in [0.2, 0.25) is 0 Å². The molecule has 0 aromatic carbocycles. The zero-order valence-electron chi connectivity index (χ0n) is 10.0. The Morgan fingerprint density at radius 2 is 1.93 bits per heavy atom. The van der Waals surface area contributed by atoms with Crippen LogP contribution in [-0.2, 0) is 14.3 Å². The second-order valence-electron chi connectivity index (χ2n) is 3.37. The van der Waals surface area contributed by atoms with E-state index in [1.54, 1.807) is 14.2 Å². The fourth-order valence-corrected chi connectivity index (χ4v) is 1.26. The molecule has 5 heteroatoms. The summed E-state index contributed by atoms with van der Waals surface area (Å²) in [5, 5.41) is 5.81. The Balaban J connectivity index is 3.74. The van der Waals surface area contributed by atoms with Gasteiger partial charge >= 0.3 is 0 Å². The lowest BCUT2D eigenvalue weighted by molar-refractivity contribution is -0.135. The second kappa shape index (κ2) is 8.64. The number of nitrogens with one attached hydrogen (secondary N) is 2. The maximum absolute atomic E-state index is 11.4. The molecular weight excluding hydrogens is 196 g/mol. The Morgan fingerprint density at radius 3 is 2.40 bits per heavy atom. The van der Waals surface area contributed by atoms with Gasteiger partial charge in [0.25, 0.3) is 0 Å². The molecule has 2 N–H and O–H groups in total. The first-order chi connectivity index (χ1) is 7.15. The summed E-state index contributed by atoms with van der Waals surface area (Å²) in [5.41, 5.74) is 0. The van der Waals surface area contributed by atoms with Crippen LogP contribution in [0.5, 0.6) is 0 Å². The highest BCUT2D eigenvalue weighted by Gasteiger charge is 2.17. The fourth-order valence-electron chi connectivity index (χ4n) is 1.26. The molecule has 0 rings (SSSR count). The van der Waals surface area contributed by atoms with Gasteiger partial charge in [0.1, 0.15) is 0 Å². The first kappa shape index (κ1) is 14.3. The van der Waals surface area contributed by atoms with Gasteiger partial charge in [-0.1, -0.05) is 6.92 Å². The fraction of sp³-hybridized carbons (Fsp3) is 0.900. The minimum atomic E-state index is -0.403. The number of methoxy groups -OCH3 is 2. The maximum Gasteiger partial charge on any atom is 0.234 e. The molecule has 0 fully saturated rings. The molecule has 0 aromatic rings. The van der Waals surface area contributed by atoms with E-state index < -0.39 is 6.29 Å². The Hall–Kier alpha value is -0.650. The van der Waals surface area contributed by atoms with Crippen molar-refractivity contribution < 1.29 is 14.3 Å². The quantitative estimate of drug-likeness (QED) is 0.448. The standard InChI is InChI=1S/C10H22N2O3/c1-5-6-11-7-9(13)12-8(2)10(14-3)15-4/h8,10-11H,5-7H2,1-4H3,(H,12,13). The number of hydrogen-bond acceptors (Lipinski definition) is 4. The van der Waals surface area contributed by atoms with Crippen molar-refractivity contribution in [1.82, 2.24) is 10.6 Å². The highest BCUT2D eigenvalue weighted by molar-refractivity contribution is 5.78. The summed E-state index contributed by atoms with van der Waals surface area (Å²) >= 11 is 0. The Morgan fingerprint density at radius 1 is 1.33 bits per heavy atom. The number of hydrogen-bond donors (Lipinski definition) is 2. The zero-order valence-corrected chi connectivity index (χ0v) is 10.0. The highest BCUT2D eigenvalue weighted by Crippen LogP contribution is 1.97. The third-order valence-corrected chi connectivity index (χ3v) is 1.97. The van der Waals surface area contributed by atoms with Crippen LogP contribution in [0.25, 0.3) is 0 Å². The molecule has 1 unspecified atom stereocenters. The average molecular weight is 218 g/mol. The summed E-state index contributed by atoms with van der Waals surface area (Å²) in [6, 6.07) is -0.157. The number of rotatable bonds is 8. The van der Waals surface area contributed by atoms with Crippen LogP contribution in [-0.4, -0.2) is 45.5 Å². The zero-order chi connectivity index (χ0) is 11.7. The topological polar surface area (TPSA) is 59.6 Å². The smallest absolute Gasteiger partial charge is 0.234 e. The largest absolute Gasteiger partial charge is 0.354 e. The molecule has 5 nitrogen and oxygen atoms in total. The van der Waals surface area contributed by atoms with E-state index in [9.17, 15) is 4.79 Å². The first-order valence-corrected chi connectivity index (χ1v) is 5.21. The second-order valence-corrected chi connectivity index (χ2v) is 3.37. The van der Waals surface area contributed by atoms with Crippen molar-refractivity contribution in [3.05, 3.63) is 0 Å². The van der Waals surface area contributed by atoms with E-state index in [1.165, 1.54) is 0 Å². The van der Waals surface area contributed by atoms with E-state index in [1.807, 2.05) is 6.92 Å². The molecule has 1 amide bonds. The van der Waals surface area contributed by atoms with Gasteiger partial charge in [-0.15, -0.1) is 0 Å². The molecule has 0 radical (unpaired) electrons. The number of carbonyl (C=O) groups excluding carboxylic acids is 1. The average Bonchev–Trinajstić information content (AvgIpc) is 2.20. The molecule has 0 saturated carbocycles. The van der Waals surface area contributed by atoms with Crippen LogP contribution >= 0.6 is 0 Å². The van der Waals surface area contributed by atoms with E-state index in [4.69, 9.17) is 9.47 Å². The maximum atomic E-state index is 11.4. The van der Waals surface area contributed by atoms with Gasteiger partial charge in [0.15, 0.2) is 6.29 Å². The van der Waals surface area contributed by atoms with Crippen LogP contribution < -0.4 is 10.6 Å². The SMILES string of the molecule is CCCNCC(=O)NC(C)C(OC)OC. The molecule has 0 heterocycles. The van der Waals surface area contributed by atoms with Crippen molar-refractivity contribution in [2.45, 2.75) is 32.6 Å². The molecule has 0 aromatic heterocycles. The van der Waals surface area contributed by atoms with E-state index in [0.717, 1.165) is 13.0 Å². The van der Waals surface area contributed by atoms with Gasteiger partial charge in [0.2, 0.25) is 5.91 Å². The van der Waals surface area contributed by atoms with Crippen molar-refractivity contribution in [3.8, 4) is 0 Å². The molecule has 0 saturated heterocycles. The predicted octanol–water partition coefficient (Wildman–Crippen LogP) is 0.110. The summed E-state index contributed by atoms with van der Waals surface area (Å²) in [4.78, 5) is 11.4. The number of ether oxygens (including phenoxy) is 2. The van der Waals surface area contributed by atoms with Crippen molar-refractivity contribution >= 4 is 5.91 Å². The summed E-state index contributed by atoms with van der Waals surface area (Å²) < 4.78 is 10.1. The van der Waals surface area contributed by atoms with Gasteiger partial charge in [0, 0.05) is 14.2 Å². The molecule has 0 spiro atoms. The van der Waals surface area contributed by atoms with Gasteiger partial charge in [-0.3, -0.25) is 4.79 Å². The van der Waals surface area contributed by atoms with Gasteiger partial charge in [-0.25, -0.2) is 0 Å². The van der Waals surface area contributed by atoms with Crippen molar-refractivity contribution in [3.63, 3.8) is 0 Å².